The lowest BCUT2D eigenvalue weighted by Crippen LogP contribution is -2.35. The van der Waals surface area contributed by atoms with Gasteiger partial charge in [0.2, 0.25) is 29.5 Å². The van der Waals surface area contributed by atoms with Crippen LogP contribution in [0.5, 0.6) is 5.75 Å². The van der Waals surface area contributed by atoms with Gasteiger partial charge in [-0.2, -0.15) is 0 Å². The number of carbonyl (C=O) groups excluding carboxylic acids is 5. The average Bonchev–Trinajstić information content (AvgIpc) is 3.72. The number of oxazole rings is 1. The standard InChI is InChI=1S/C14H18N2O2.2C13H16N2O3/c1-10(17)15(2)7-6-11-4-5-13-12(8-11)9-14(18)16(13)3;1-9(16)14(2)7-6-10-4-5-11-12(8-10)18-13(17)15(11)3;1-9(16)14-5-6-15-12-4-3-11(18-2)7-10(12)8-13(15)17/h4-5,8H,6-7,9H2,1-3H3;4-5,8H,6-7H2,1-3H3;3-4,7H,5-6,8H2,1-2H3,(H,14,16). The Morgan fingerprint density at radius 3 is 1.96 bits per heavy atom. The molecule has 4 aromatic rings. The van der Waals surface area contributed by atoms with Crippen LogP contribution in [0.2, 0.25) is 0 Å². The monoisotopic (exact) mass is 742 g/mol. The minimum Gasteiger partial charge on any atom is -0.497 e. The molecule has 0 saturated carbocycles. The van der Waals surface area contributed by atoms with Gasteiger partial charge in [-0.05, 0) is 71.5 Å². The third kappa shape index (κ3) is 10.4. The lowest BCUT2D eigenvalue weighted by atomic mass is 10.1. The molecule has 1 aromatic heterocycles. The lowest BCUT2D eigenvalue weighted by Gasteiger charge is -2.17. The fourth-order valence-corrected chi connectivity index (χ4v) is 6.00. The molecule has 14 heteroatoms. The van der Waals surface area contributed by atoms with Crippen LogP contribution in [0.3, 0.4) is 0 Å². The zero-order valence-electron chi connectivity index (χ0n) is 32.4. The molecule has 0 saturated heterocycles. The molecule has 0 aliphatic carbocycles. The molecule has 54 heavy (non-hydrogen) atoms. The van der Waals surface area contributed by atoms with Crippen molar-refractivity contribution >= 4 is 52.0 Å². The van der Waals surface area contributed by atoms with Crippen LogP contribution in [-0.4, -0.2) is 98.3 Å². The molecule has 6 rings (SSSR count). The van der Waals surface area contributed by atoms with E-state index < -0.39 is 0 Å². The number of nitrogens with one attached hydrogen (secondary N) is 1. The van der Waals surface area contributed by atoms with E-state index in [2.05, 4.69) is 11.4 Å². The van der Waals surface area contributed by atoms with Crippen LogP contribution in [-0.2, 0) is 56.7 Å². The number of aromatic nitrogens is 1. The summed E-state index contributed by atoms with van der Waals surface area (Å²) in [5.74, 6) is 0.630. The van der Waals surface area contributed by atoms with Gasteiger partial charge in [0.15, 0.2) is 5.58 Å². The van der Waals surface area contributed by atoms with Crippen LogP contribution in [0.25, 0.3) is 11.1 Å². The second kappa shape index (κ2) is 18.2. The van der Waals surface area contributed by atoms with Crippen molar-refractivity contribution in [1.82, 2.24) is 19.7 Å². The molecule has 0 bridgehead atoms. The normalized spacial score (nSPS) is 12.7. The minimum absolute atomic E-state index is 0.0438. The van der Waals surface area contributed by atoms with Crippen molar-refractivity contribution in [2.24, 2.45) is 7.05 Å². The quantitative estimate of drug-likeness (QED) is 0.260. The topological polar surface area (TPSA) is 155 Å². The molecule has 5 amide bonds. The van der Waals surface area contributed by atoms with Crippen LogP contribution >= 0.6 is 0 Å². The van der Waals surface area contributed by atoms with Crippen molar-refractivity contribution in [1.29, 1.82) is 0 Å². The maximum absolute atomic E-state index is 11.9. The molecule has 2 aliphatic rings. The van der Waals surface area contributed by atoms with Gasteiger partial charge in [-0.3, -0.25) is 28.5 Å². The highest BCUT2D eigenvalue weighted by Crippen LogP contribution is 2.32. The van der Waals surface area contributed by atoms with Gasteiger partial charge in [0, 0.05) is 86.5 Å². The number of benzene rings is 3. The fraction of sp³-hybridized carbons (Fsp3) is 0.400. The number of carbonyl (C=O) groups is 5. The van der Waals surface area contributed by atoms with E-state index in [0.717, 1.165) is 52.2 Å². The second-order valence-electron chi connectivity index (χ2n) is 13.4. The molecule has 2 aliphatic heterocycles. The van der Waals surface area contributed by atoms with E-state index >= 15 is 0 Å². The Morgan fingerprint density at radius 2 is 1.35 bits per heavy atom. The zero-order chi connectivity index (χ0) is 39.7. The molecule has 14 nitrogen and oxygen atoms in total. The first-order valence-corrected chi connectivity index (χ1v) is 17.7. The molecule has 0 spiro atoms. The van der Waals surface area contributed by atoms with Gasteiger partial charge in [-0.25, -0.2) is 4.79 Å². The predicted octanol–water partition coefficient (Wildman–Crippen LogP) is 3.10. The maximum Gasteiger partial charge on any atom is 0.419 e. The SMILES string of the molecule is CC(=O)N(C)CCc1ccc2c(c1)CC(=O)N2C.CC(=O)N(C)CCc1ccc2c(c1)oc(=O)n2C.COc1ccc2c(c1)CC(=O)N2CCNC(C)=O. The highest BCUT2D eigenvalue weighted by atomic mass is 16.5. The Balaban J connectivity index is 0.000000180. The Bertz CT molecular complexity index is 2090. The number of fused-ring (bicyclic) bond motifs is 3. The Labute approximate surface area is 315 Å². The number of hydrogen-bond acceptors (Lipinski definition) is 8. The van der Waals surface area contributed by atoms with Gasteiger partial charge in [0.05, 0.1) is 25.5 Å². The number of likely N-dealkylation sites (N-methyl/N-ethyl adjacent to an activating group) is 3. The maximum atomic E-state index is 11.9. The van der Waals surface area contributed by atoms with Gasteiger partial charge >= 0.3 is 5.76 Å². The first-order chi connectivity index (χ1) is 25.6. The summed E-state index contributed by atoms with van der Waals surface area (Å²) < 4.78 is 11.7. The molecule has 0 unspecified atom stereocenters. The first-order valence-electron chi connectivity index (χ1n) is 17.7. The summed E-state index contributed by atoms with van der Waals surface area (Å²) in [7, 11) is 8.65. The largest absolute Gasteiger partial charge is 0.497 e. The molecule has 0 atom stereocenters. The van der Waals surface area contributed by atoms with Crippen molar-refractivity contribution < 1.29 is 33.1 Å². The third-order valence-electron chi connectivity index (χ3n) is 9.55. The van der Waals surface area contributed by atoms with Gasteiger partial charge < -0.3 is 34.1 Å². The van der Waals surface area contributed by atoms with E-state index in [4.69, 9.17) is 9.15 Å². The molecule has 0 radical (unpaired) electrons. The van der Waals surface area contributed by atoms with E-state index in [-0.39, 0.29) is 35.3 Å². The number of hydrogen-bond donors (Lipinski definition) is 1. The summed E-state index contributed by atoms with van der Waals surface area (Å²) in [6, 6.07) is 17.4. The second-order valence-corrected chi connectivity index (χ2v) is 13.4. The number of amides is 5. The van der Waals surface area contributed by atoms with Crippen molar-refractivity contribution in [3.8, 4) is 5.75 Å². The van der Waals surface area contributed by atoms with Crippen LogP contribution in [0.1, 0.15) is 43.0 Å². The number of ether oxygens (including phenoxy) is 1. The summed E-state index contributed by atoms with van der Waals surface area (Å²) in [6.07, 6.45) is 2.45. The number of aryl methyl sites for hydroxylation is 1. The van der Waals surface area contributed by atoms with Crippen LogP contribution in [0, 0.1) is 0 Å². The molecule has 0 fully saturated rings. The van der Waals surface area contributed by atoms with Gasteiger partial charge in [0.1, 0.15) is 5.75 Å². The van der Waals surface area contributed by atoms with Gasteiger partial charge in [-0.15, -0.1) is 0 Å². The molecule has 3 heterocycles. The van der Waals surface area contributed by atoms with Gasteiger partial charge in [-0.1, -0.05) is 18.2 Å². The van der Waals surface area contributed by atoms with Crippen LogP contribution in [0.15, 0.2) is 63.8 Å². The molecular formula is C40H50N6O8. The fourth-order valence-electron chi connectivity index (χ4n) is 6.00. The molecule has 288 valence electrons. The smallest absolute Gasteiger partial charge is 0.419 e. The van der Waals surface area contributed by atoms with E-state index in [1.54, 1.807) is 68.7 Å². The summed E-state index contributed by atoms with van der Waals surface area (Å²) in [5, 5.41) is 2.69. The number of anilines is 2. The summed E-state index contributed by atoms with van der Waals surface area (Å²) >= 11 is 0. The van der Waals surface area contributed by atoms with Crippen LogP contribution < -0.4 is 25.6 Å². The summed E-state index contributed by atoms with van der Waals surface area (Å²) in [4.78, 5) is 74.5. The van der Waals surface area contributed by atoms with E-state index in [1.165, 1.54) is 17.1 Å². The van der Waals surface area contributed by atoms with Crippen molar-refractivity contribution in [2.75, 3.05) is 64.2 Å². The number of rotatable bonds is 10. The number of methoxy groups -OCH3 is 1. The average molecular weight is 743 g/mol. The number of nitrogens with zero attached hydrogens (tertiary/aromatic N) is 5. The Hall–Kier alpha value is -5.92. The van der Waals surface area contributed by atoms with E-state index in [9.17, 15) is 28.8 Å². The highest BCUT2D eigenvalue weighted by Gasteiger charge is 2.27. The van der Waals surface area contributed by atoms with Crippen molar-refractivity contribution in [2.45, 2.75) is 46.5 Å². The van der Waals surface area contributed by atoms with E-state index in [1.807, 2.05) is 48.5 Å². The Morgan fingerprint density at radius 1 is 0.778 bits per heavy atom. The first kappa shape index (κ1) is 40.8. The molecule has 3 aromatic carbocycles. The molecule has 1 N–H and O–H groups in total. The highest BCUT2D eigenvalue weighted by molar-refractivity contribution is 6.02. The minimum atomic E-state index is -0.358. The van der Waals surface area contributed by atoms with Crippen molar-refractivity contribution in [3.63, 3.8) is 0 Å². The zero-order valence-corrected chi connectivity index (χ0v) is 32.4. The van der Waals surface area contributed by atoms with Crippen LogP contribution in [0.4, 0.5) is 11.4 Å². The summed E-state index contributed by atoms with van der Waals surface area (Å²) in [6.45, 7) is 6.89. The van der Waals surface area contributed by atoms with Crippen molar-refractivity contribution in [3.05, 3.63) is 87.4 Å². The Kier molecular flexibility index (Phi) is 13.8. The summed E-state index contributed by atoms with van der Waals surface area (Å²) in [5.41, 5.74) is 7.56. The van der Waals surface area contributed by atoms with E-state index in [0.29, 0.717) is 44.6 Å². The third-order valence-corrected chi connectivity index (χ3v) is 9.55. The predicted molar refractivity (Wildman–Crippen MR) is 207 cm³/mol. The van der Waals surface area contributed by atoms with Gasteiger partial charge in [0.25, 0.3) is 0 Å². The molecular weight excluding hydrogens is 692 g/mol. The lowest BCUT2D eigenvalue weighted by molar-refractivity contribution is -0.128.